The molecular weight excluding hydrogens is 541 g/mol. The van der Waals surface area contributed by atoms with Crippen molar-refractivity contribution in [2.24, 2.45) is 0 Å². The maximum Gasteiger partial charge on any atom is 0.435 e. The van der Waals surface area contributed by atoms with Crippen molar-refractivity contribution in [3.63, 3.8) is 0 Å². The van der Waals surface area contributed by atoms with Gasteiger partial charge in [-0.3, -0.25) is 0 Å². The van der Waals surface area contributed by atoms with Crippen molar-refractivity contribution < 1.29 is 26.3 Å². The summed E-state index contributed by atoms with van der Waals surface area (Å²) in [6.45, 7) is 0. The number of alkyl halides is 8. The summed E-state index contributed by atoms with van der Waals surface area (Å²) in [6, 6.07) is 1.57. The lowest BCUT2D eigenvalue weighted by molar-refractivity contribution is -0.142. The maximum absolute atomic E-state index is 13.3. The third-order valence-electron chi connectivity index (χ3n) is 3.81. The standard InChI is InChI=1S/C14H6Br2Cl2F6N2/c15-12(16)3-7(12)5-4-26(25-11(5)14(22,23)24)10-8(17)2-1-6(9(10)18)13(19,20)21/h1-2,4,7H,3H2. The van der Waals surface area contributed by atoms with Crippen LogP contribution in [-0.4, -0.2) is 13.0 Å². The number of benzene rings is 1. The van der Waals surface area contributed by atoms with Gasteiger partial charge < -0.3 is 0 Å². The lowest BCUT2D eigenvalue weighted by atomic mass is 10.1. The van der Waals surface area contributed by atoms with Crippen LogP contribution in [0.15, 0.2) is 18.3 Å². The summed E-state index contributed by atoms with van der Waals surface area (Å²) >= 11 is 18.2. The van der Waals surface area contributed by atoms with E-state index in [2.05, 4.69) is 37.0 Å². The van der Waals surface area contributed by atoms with Crippen LogP contribution < -0.4 is 0 Å². The molecule has 1 unspecified atom stereocenters. The van der Waals surface area contributed by atoms with Gasteiger partial charge in [0.25, 0.3) is 0 Å². The molecule has 1 heterocycles. The van der Waals surface area contributed by atoms with Gasteiger partial charge in [0.15, 0.2) is 5.69 Å². The second-order valence-electron chi connectivity index (χ2n) is 5.65. The molecule has 1 atom stereocenters. The highest BCUT2D eigenvalue weighted by atomic mass is 79.9. The van der Waals surface area contributed by atoms with Crippen molar-refractivity contribution in [3.8, 4) is 5.69 Å². The first-order chi connectivity index (χ1) is 11.7. The molecule has 26 heavy (non-hydrogen) atoms. The summed E-state index contributed by atoms with van der Waals surface area (Å²) in [7, 11) is 0. The van der Waals surface area contributed by atoms with Crippen LogP contribution in [0.25, 0.3) is 5.69 Å². The Labute approximate surface area is 169 Å². The molecule has 12 heteroatoms. The Morgan fingerprint density at radius 1 is 1.08 bits per heavy atom. The van der Waals surface area contributed by atoms with Gasteiger partial charge in [0.05, 0.1) is 18.8 Å². The minimum absolute atomic E-state index is 0.171. The molecule has 0 saturated heterocycles. The monoisotopic (exact) mass is 544 g/mol. The normalized spacial score (nSPS) is 19.7. The van der Waals surface area contributed by atoms with Crippen molar-refractivity contribution >= 4 is 55.1 Å². The SMILES string of the molecule is FC(F)(F)c1ccc(Cl)c(-n2cc(C3CC3(Br)Br)c(C(F)(F)F)n2)c1Cl. The first-order valence-electron chi connectivity index (χ1n) is 6.83. The second-order valence-corrected chi connectivity index (χ2v) is 10.3. The van der Waals surface area contributed by atoms with E-state index < -0.39 is 43.5 Å². The number of hydrogen-bond acceptors (Lipinski definition) is 1. The fourth-order valence-corrected chi connectivity index (χ4v) is 4.29. The lowest BCUT2D eigenvalue weighted by Gasteiger charge is -2.14. The Bertz CT molecular complexity index is 876. The van der Waals surface area contributed by atoms with Gasteiger partial charge in [-0.25, -0.2) is 4.68 Å². The molecule has 1 aromatic carbocycles. The van der Waals surface area contributed by atoms with Crippen molar-refractivity contribution in [1.29, 1.82) is 0 Å². The van der Waals surface area contributed by atoms with E-state index >= 15 is 0 Å². The van der Waals surface area contributed by atoms with E-state index in [9.17, 15) is 26.3 Å². The van der Waals surface area contributed by atoms with E-state index in [-0.39, 0.29) is 10.6 Å². The molecule has 0 N–H and O–H groups in total. The largest absolute Gasteiger partial charge is 0.435 e. The smallest absolute Gasteiger partial charge is 0.237 e. The average molecular weight is 547 g/mol. The van der Waals surface area contributed by atoms with Gasteiger partial charge in [-0.1, -0.05) is 55.1 Å². The molecule has 1 aromatic heterocycles. The Balaban J connectivity index is 2.20. The van der Waals surface area contributed by atoms with Crippen LogP contribution in [0.3, 0.4) is 0 Å². The van der Waals surface area contributed by atoms with Crippen molar-refractivity contribution in [3.05, 3.63) is 45.2 Å². The zero-order chi connectivity index (χ0) is 19.7. The molecule has 2 aromatic rings. The van der Waals surface area contributed by atoms with Gasteiger partial charge >= 0.3 is 12.4 Å². The number of nitrogens with zero attached hydrogens (tertiary/aromatic N) is 2. The van der Waals surface area contributed by atoms with Crippen LogP contribution >= 0.6 is 55.1 Å². The van der Waals surface area contributed by atoms with Crippen LogP contribution in [-0.2, 0) is 12.4 Å². The Hall–Kier alpha value is -0.450. The third-order valence-corrected chi connectivity index (χ3v) is 6.25. The van der Waals surface area contributed by atoms with Gasteiger partial charge in [-0.2, -0.15) is 31.4 Å². The number of rotatable bonds is 2. The zero-order valence-electron chi connectivity index (χ0n) is 12.2. The molecule has 0 bridgehead atoms. The number of aromatic nitrogens is 2. The zero-order valence-corrected chi connectivity index (χ0v) is 16.9. The summed E-state index contributed by atoms with van der Waals surface area (Å²) in [5.74, 6) is -0.559. The predicted octanol–water partition coefficient (Wildman–Crippen LogP) is 7.19. The van der Waals surface area contributed by atoms with Gasteiger partial charge in [-0.05, 0) is 18.6 Å². The highest BCUT2D eigenvalue weighted by Crippen LogP contribution is 2.63. The molecular formula is C14H6Br2Cl2F6N2. The minimum Gasteiger partial charge on any atom is -0.237 e. The van der Waals surface area contributed by atoms with Gasteiger partial charge in [0.1, 0.15) is 5.69 Å². The summed E-state index contributed by atoms with van der Waals surface area (Å²) in [4.78, 5) is 0. The second kappa shape index (κ2) is 6.28. The number of hydrogen-bond donors (Lipinski definition) is 0. The van der Waals surface area contributed by atoms with E-state index in [1.165, 1.54) is 0 Å². The molecule has 3 rings (SSSR count). The summed E-state index contributed by atoms with van der Waals surface area (Å²) in [6.07, 6.45) is -8.23. The van der Waals surface area contributed by atoms with Gasteiger partial charge in [-0.15, -0.1) is 0 Å². The number of halogens is 10. The first-order valence-corrected chi connectivity index (χ1v) is 9.18. The molecule has 1 aliphatic rings. The average Bonchev–Trinajstić information content (AvgIpc) is 2.90. The Morgan fingerprint density at radius 2 is 1.65 bits per heavy atom. The van der Waals surface area contributed by atoms with E-state index in [1.807, 2.05) is 0 Å². The molecule has 2 nitrogen and oxygen atoms in total. The van der Waals surface area contributed by atoms with Crippen LogP contribution in [0, 0.1) is 0 Å². The maximum atomic E-state index is 13.3. The fraction of sp³-hybridized carbons (Fsp3) is 0.357. The Kier molecular flexibility index (Phi) is 4.90. The summed E-state index contributed by atoms with van der Waals surface area (Å²) in [5.41, 5.74) is -3.05. The highest BCUT2D eigenvalue weighted by molar-refractivity contribution is 9.25. The van der Waals surface area contributed by atoms with Gasteiger partial charge in [0.2, 0.25) is 0 Å². The van der Waals surface area contributed by atoms with E-state index in [0.717, 1.165) is 12.3 Å². The van der Waals surface area contributed by atoms with Crippen LogP contribution in [0.2, 0.25) is 10.0 Å². The molecule has 1 saturated carbocycles. The molecule has 0 amide bonds. The molecule has 0 radical (unpaired) electrons. The van der Waals surface area contributed by atoms with Crippen LogP contribution in [0.5, 0.6) is 0 Å². The third kappa shape index (κ3) is 3.62. The highest BCUT2D eigenvalue weighted by Gasteiger charge is 2.55. The van der Waals surface area contributed by atoms with Crippen LogP contribution in [0.1, 0.15) is 29.2 Å². The van der Waals surface area contributed by atoms with Gasteiger partial charge in [0, 0.05) is 17.7 Å². The lowest BCUT2D eigenvalue weighted by Crippen LogP contribution is -2.11. The molecule has 1 aliphatic carbocycles. The molecule has 1 fully saturated rings. The van der Waals surface area contributed by atoms with E-state index in [0.29, 0.717) is 17.2 Å². The summed E-state index contributed by atoms with van der Waals surface area (Å²) in [5, 5.41) is 2.35. The predicted molar refractivity (Wildman–Crippen MR) is 91.5 cm³/mol. The van der Waals surface area contributed by atoms with Crippen molar-refractivity contribution in [1.82, 2.24) is 9.78 Å². The van der Waals surface area contributed by atoms with Crippen molar-refractivity contribution in [2.45, 2.75) is 27.9 Å². The summed E-state index contributed by atoms with van der Waals surface area (Å²) < 4.78 is 79.1. The topological polar surface area (TPSA) is 17.8 Å². The fourth-order valence-electron chi connectivity index (χ4n) is 2.50. The molecule has 142 valence electrons. The van der Waals surface area contributed by atoms with E-state index in [1.54, 1.807) is 0 Å². The minimum atomic E-state index is -4.80. The Morgan fingerprint density at radius 3 is 2.12 bits per heavy atom. The quantitative estimate of drug-likeness (QED) is 0.288. The molecule has 0 aliphatic heterocycles. The molecule has 0 spiro atoms. The first kappa shape index (κ1) is 20.3. The van der Waals surface area contributed by atoms with E-state index in [4.69, 9.17) is 23.2 Å². The van der Waals surface area contributed by atoms with Crippen molar-refractivity contribution in [2.75, 3.05) is 0 Å². The van der Waals surface area contributed by atoms with Crippen LogP contribution in [0.4, 0.5) is 26.3 Å².